The van der Waals surface area contributed by atoms with E-state index in [1.807, 2.05) is 24.3 Å². The number of rotatable bonds is 6. The van der Waals surface area contributed by atoms with Gasteiger partial charge in [-0.05, 0) is 41.3 Å². The number of aromatic amines is 1. The van der Waals surface area contributed by atoms with Crippen molar-refractivity contribution in [1.82, 2.24) is 10.3 Å². The van der Waals surface area contributed by atoms with Gasteiger partial charge in [0.05, 0.1) is 19.1 Å². The number of aliphatic hydroxyl groups excluding tert-OH is 1. The van der Waals surface area contributed by atoms with E-state index in [4.69, 9.17) is 0 Å². The Kier molecular flexibility index (Phi) is 5.14. The third kappa shape index (κ3) is 3.88. The molecule has 0 radical (unpaired) electrons. The molecule has 1 amide bonds. The molecule has 0 aliphatic heterocycles. The van der Waals surface area contributed by atoms with Crippen LogP contribution in [-0.2, 0) is 17.6 Å². The lowest BCUT2D eigenvalue weighted by Gasteiger charge is -2.17. The second-order valence-electron chi connectivity index (χ2n) is 6.08. The molecule has 0 aliphatic carbocycles. The third-order valence-corrected chi connectivity index (χ3v) is 4.39. The molecule has 3 N–H and O–H groups in total. The van der Waals surface area contributed by atoms with Gasteiger partial charge in [0.2, 0.25) is 5.91 Å². The summed E-state index contributed by atoms with van der Waals surface area (Å²) in [6.45, 7) is 1.89. The van der Waals surface area contributed by atoms with Crippen molar-refractivity contribution in [2.75, 3.05) is 6.61 Å². The van der Waals surface area contributed by atoms with E-state index in [1.54, 1.807) is 12.3 Å². The minimum absolute atomic E-state index is 0.118. The normalized spacial score (nSPS) is 12.3. The number of benzene rings is 2. The number of carbonyl (C=O) groups excluding carboxylic acids is 1. The predicted molar refractivity (Wildman–Crippen MR) is 95.8 cm³/mol. The minimum atomic E-state index is -0.458. The molecule has 1 atom stereocenters. The number of hydrogen-bond donors (Lipinski definition) is 3. The van der Waals surface area contributed by atoms with Crippen molar-refractivity contribution in [3.63, 3.8) is 0 Å². The smallest absolute Gasteiger partial charge is 0.225 e. The van der Waals surface area contributed by atoms with Crippen LogP contribution in [0.3, 0.4) is 0 Å². The average molecular weight is 340 g/mol. The summed E-state index contributed by atoms with van der Waals surface area (Å²) in [5, 5.41) is 13.2. The monoisotopic (exact) mass is 340 g/mol. The van der Waals surface area contributed by atoms with Gasteiger partial charge in [-0.2, -0.15) is 0 Å². The predicted octanol–water partition coefficient (Wildman–Crippen LogP) is 3.26. The number of nitrogens with one attached hydrogen (secondary N) is 2. The number of amides is 1. The Bertz CT molecular complexity index is 871. The molecule has 4 nitrogen and oxygen atoms in total. The molecule has 130 valence electrons. The molecule has 0 bridgehead atoms. The number of carbonyl (C=O) groups is 1. The van der Waals surface area contributed by atoms with E-state index in [0.29, 0.717) is 5.39 Å². The van der Waals surface area contributed by atoms with Gasteiger partial charge in [0.25, 0.3) is 0 Å². The summed E-state index contributed by atoms with van der Waals surface area (Å²) >= 11 is 0. The van der Waals surface area contributed by atoms with E-state index in [2.05, 4.69) is 17.2 Å². The number of aromatic nitrogens is 1. The molecule has 0 spiro atoms. The van der Waals surface area contributed by atoms with Crippen LogP contribution in [0.5, 0.6) is 0 Å². The summed E-state index contributed by atoms with van der Waals surface area (Å²) in [7, 11) is 0. The number of aryl methyl sites for hydroxylation is 1. The van der Waals surface area contributed by atoms with Crippen LogP contribution in [0, 0.1) is 5.82 Å². The largest absolute Gasteiger partial charge is 0.394 e. The van der Waals surface area contributed by atoms with Crippen molar-refractivity contribution < 1.29 is 14.3 Å². The molecule has 1 aromatic heterocycles. The highest BCUT2D eigenvalue weighted by molar-refractivity contribution is 5.89. The van der Waals surface area contributed by atoms with Crippen molar-refractivity contribution in [3.8, 4) is 0 Å². The first-order valence-electron chi connectivity index (χ1n) is 8.35. The van der Waals surface area contributed by atoms with Gasteiger partial charge < -0.3 is 15.4 Å². The first kappa shape index (κ1) is 17.2. The summed E-state index contributed by atoms with van der Waals surface area (Å²) in [4.78, 5) is 15.4. The fraction of sp³-hybridized carbons (Fsp3) is 0.250. The van der Waals surface area contributed by atoms with Gasteiger partial charge in [-0.3, -0.25) is 4.79 Å². The van der Waals surface area contributed by atoms with Gasteiger partial charge in [0.15, 0.2) is 0 Å². The zero-order chi connectivity index (χ0) is 17.8. The van der Waals surface area contributed by atoms with E-state index in [-0.39, 0.29) is 24.8 Å². The third-order valence-electron chi connectivity index (χ3n) is 4.39. The van der Waals surface area contributed by atoms with Crippen LogP contribution in [0.15, 0.2) is 48.7 Å². The van der Waals surface area contributed by atoms with E-state index in [1.165, 1.54) is 17.7 Å². The van der Waals surface area contributed by atoms with E-state index < -0.39 is 6.04 Å². The lowest BCUT2D eigenvalue weighted by Crippen LogP contribution is -2.31. The summed E-state index contributed by atoms with van der Waals surface area (Å²) in [5.74, 6) is -0.554. The van der Waals surface area contributed by atoms with Crippen molar-refractivity contribution >= 4 is 16.8 Å². The number of hydrogen-bond acceptors (Lipinski definition) is 2. The highest BCUT2D eigenvalue weighted by atomic mass is 19.1. The Morgan fingerprint density at radius 1 is 1.24 bits per heavy atom. The summed E-state index contributed by atoms with van der Waals surface area (Å²) in [5.41, 5.74) is 3.58. The number of aliphatic hydroxyl groups is 1. The minimum Gasteiger partial charge on any atom is -0.394 e. The molecule has 2 aromatic carbocycles. The van der Waals surface area contributed by atoms with Gasteiger partial charge in [0, 0.05) is 17.1 Å². The van der Waals surface area contributed by atoms with Crippen molar-refractivity contribution in [2.45, 2.75) is 25.8 Å². The lowest BCUT2D eigenvalue weighted by atomic mass is 10.0. The number of fused-ring (bicyclic) bond motifs is 1. The molecule has 3 aromatic rings. The van der Waals surface area contributed by atoms with Crippen LogP contribution in [0.25, 0.3) is 10.9 Å². The first-order chi connectivity index (χ1) is 12.1. The fourth-order valence-electron chi connectivity index (χ4n) is 2.94. The van der Waals surface area contributed by atoms with Gasteiger partial charge in [-0.25, -0.2) is 4.39 Å². The Labute approximate surface area is 145 Å². The van der Waals surface area contributed by atoms with Crippen LogP contribution < -0.4 is 5.32 Å². The van der Waals surface area contributed by atoms with Crippen LogP contribution >= 0.6 is 0 Å². The highest BCUT2D eigenvalue weighted by Crippen LogP contribution is 2.20. The van der Waals surface area contributed by atoms with Crippen LogP contribution in [0.1, 0.15) is 29.7 Å². The van der Waals surface area contributed by atoms with Crippen molar-refractivity contribution in [2.24, 2.45) is 0 Å². The topological polar surface area (TPSA) is 65.1 Å². The van der Waals surface area contributed by atoms with E-state index in [0.717, 1.165) is 23.1 Å². The van der Waals surface area contributed by atoms with Gasteiger partial charge >= 0.3 is 0 Å². The molecule has 1 heterocycles. The molecule has 3 rings (SSSR count). The summed E-state index contributed by atoms with van der Waals surface area (Å²) in [6, 6.07) is 11.8. The molecule has 5 heteroatoms. The van der Waals surface area contributed by atoms with Gasteiger partial charge in [0.1, 0.15) is 5.82 Å². The molecule has 0 saturated heterocycles. The maximum Gasteiger partial charge on any atom is 0.225 e. The molecule has 0 fully saturated rings. The summed E-state index contributed by atoms with van der Waals surface area (Å²) < 4.78 is 13.4. The van der Waals surface area contributed by atoms with Crippen LogP contribution in [0.2, 0.25) is 0 Å². The molecule has 25 heavy (non-hydrogen) atoms. The van der Waals surface area contributed by atoms with Gasteiger partial charge in [-0.1, -0.05) is 31.2 Å². The zero-order valence-electron chi connectivity index (χ0n) is 14.1. The van der Waals surface area contributed by atoms with Crippen molar-refractivity contribution in [1.29, 1.82) is 0 Å². The lowest BCUT2D eigenvalue weighted by molar-refractivity contribution is -0.121. The first-order valence-corrected chi connectivity index (χ1v) is 8.35. The van der Waals surface area contributed by atoms with Crippen LogP contribution in [-0.4, -0.2) is 22.6 Å². The molecular formula is C20H21FN2O2. The molecule has 0 saturated carbocycles. The number of halogens is 1. The summed E-state index contributed by atoms with van der Waals surface area (Å²) in [6.07, 6.45) is 2.77. The fourth-order valence-corrected chi connectivity index (χ4v) is 2.94. The Balaban J connectivity index is 1.72. The molecule has 0 aliphatic rings. The SMILES string of the molecule is CCc1ccc(C(CO)NC(=O)Cc2c[nH]c3ccc(F)cc23)cc1. The number of H-pyrrole nitrogens is 1. The maximum atomic E-state index is 13.4. The maximum absolute atomic E-state index is 13.4. The second-order valence-corrected chi connectivity index (χ2v) is 6.08. The van der Waals surface area contributed by atoms with Gasteiger partial charge in [-0.15, -0.1) is 0 Å². The zero-order valence-corrected chi connectivity index (χ0v) is 14.1. The molecular weight excluding hydrogens is 319 g/mol. The van der Waals surface area contributed by atoms with Crippen molar-refractivity contribution in [3.05, 3.63) is 71.2 Å². The highest BCUT2D eigenvalue weighted by Gasteiger charge is 2.15. The molecule has 1 unspecified atom stereocenters. The Hall–Kier alpha value is -2.66. The average Bonchev–Trinajstić information content (AvgIpc) is 3.01. The Morgan fingerprint density at radius 3 is 2.68 bits per heavy atom. The standard InChI is InChI=1S/C20H21FN2O2/c1-2-13-3-5-14(6-4-13)19(12-24)23-20(25)9-15-11-22-18-8-7-16(21)10-17(15)18/h3-8,10-11,19,22,24H,2,9,12H2,1H3,(H,23,25). The van der Waals surface area contributed by atoms with E-state index in [9.17, 15) is 14.3 Å². The van der Waals surface area contributed by atoms with Crippen LogP contribution in [0.4, 0.5) is 4.39 Å². The quantitative estimate of drug-likeness (QED) is 0.645. The second kappa shape index (κ2) is 7.49. The Morgan fingerprint density at radius 2 is 2.00 bits per heavy atom. The van der Waals surface area contributed by atoms with E-state index >= 15 is 0 Å².